The summed E-state index contributed by atoms with van der Waals surface area (Å²) in [6.45, 7) is 3.19. The van der Waals surface area contributed by atoms with Gasteiger partial charge in [0.15, 0.2) is 5.65 Å². The number of likely N-dealkylation sites (tertiary alicyclic amines) is 1. The number of amides is 2. The van der Waals surface area contributed by atoms with Crippen molar-refractivity contribution >= 4 is 34.1 Å². The van der Waals surface area contributed by atoms with E-state index in [1.807, 2.05) is 32.9 Å². The Morgan fingerprint density at radius 1 is 1.11 bits per heavy atom. The molecular weight excluding hydrogens is 572 g/mol. The molecule has 2 amide bonds. The van der Waals surface area contributed by atoms with Gasteiger partial charge in [-0.3, -0.25) is 9.48 Å². The molecule has 1 unspecified atom stereocenters. The van der Waals surface area contributed by atoms with Crippen molar-refractivity contribution in [2.75, 3.05) is 18.4 Å². The molecule has 11 nitrogen and oxygen atoms in total. The molecule has 4 heterocycles. The molecule has 0 spiro atoms. The van der Waals surface area contributed by atoms with Crippen molar-refractivity contribution in [2.45, 2.75) is 51.9 Å². The van der Waals surface area contributed by atoms with Crippen LogP contribution in [0.5, 0.6) is 5.75 Å². The summed E-state index contributed by atoms with van der Waals surface area (Å²) in [5.74, 6) is -0.591. The molecule has 13 heteroatoms. The third kappa shape index (κ3) is 6.03. The largest absolute Gasteiger partial charge is 0.444 e. The molecule has 1 aliphatic heterocycles. The number of hydrogen-bond donors (Lipinski definition) is 1. The van der Waals surface area contributed by atoms with Gasteiger partial charge in [-0.25, -0.2) is 14.3 Å². The Labute approximate surface area is 251 Å². The first-order chi connectivity index (χ1) is 21.1. The highest BCUT2D eigenvalue weighted by molar-refractivity contribution is 6.09. The zero-order valence-electron chi connectivity index (χ0n) is 24.4. The lowest BCUT2D eigenvalue weighted by molar-refractivity contribution is -0.0493. The lowest BCUT2D eigenvalue weighted by Gasteiger charge is -2.34. The number of hydrogen-bond acceptors (Lipinski definition) is 7. The van der Waals surface area contributed by atoms with Crippen molar-refractivity contribution in [1.82, 2.24) is 29.3 Å². The van der Waals surface area contributed by atoms with Crippen molar-refractivity contribution < 1.29 is 27.8 Å². The number of benzene rings is 2. The maximum atomic E-state index is 13.6. The van der Waals surface area contributed by atoms with Gasteiger partial charge in [0.05, 0.1) is 17.9 Å². The van der Waals surface area contributed by atoms with Gasteiger partial charge in [-0.1, -0.05) is 24.3 Å². The van der Waals surface area contributed by atoms with E-state index in [1.165, 1.54) is 16.8 Å². The number of fused-ring (bicyclic) bond motifs is 2. The fraction of sp³-hybridized carbons (Fsp3) is 0.323. The number of nitrogens with zero attached hydrogens (tertiary/aromatic N) is 6. The molecule has 0 saturated carbocycles. The van der Waals surface area contributed by atoms with Crippen LogP contribution in [0.3, 0.4) is 0 Å². The normalized spacial score (nSPS) is 15.6. The lowest BCUT2D eigenvalue weighted by Crippen LogP contribution is -2.43. The minimum Gasteiger partial charge on any atom is -0.444 e. The van der Waals surface area contributed by atoms with Gasteiger partial charge in [-0.15, -0.1) is 0 Å². The summed E-state index contributed by atoms with van der Waals surface area (Å²) < 4.78 is 40.9. The van der Waals surface area contributed by atoms with Crippen molar-refractivity contribution in [3.8, 4) is 17.0 Å². The highest BCUT2D eigenvalue weighted by Gasteiger charge is 2.30. The SMILES string of the molecule is CC(C)(C)OC(=O)N1CCCC(n2cc(NC(=O)c3cnn4cccnc34)c(-c3cc4ccccc4cc3OC(F)F)n2)C1. The first-order valence-electron chi connectivity index (χ1n) is 14.2. The van der Waals surface area contributed by atoms with Gasteiger partial charge in [0, 0.05) is 37.2 Å². The second kappa shape index (κ2) is 11.5. The molecule has 44 heavy (non-hydrogen) atoms. The summed E-state index contributed by atoms with van der Waals surface area (Å²) >= 11 is 0. The van der Waals surface area contributed by atoms with E-state index in [-0.39, 0.29) is 34.3 Å². The maximum Gasteiger partial charge on any atom is 0.410 e. The monoisotopic (exact) mass is 603 g/mol. The first-order valence-corrected chi connectivity index (χ1v) is 14.2. The molecule has 3 aromatic heterocycles. The average molecular weight is 604 g/mol. The molecule has 2 aromatic carbocycles. The second-order valence-electron chi connectivity index (χ2n) is 11.6. The van der Waals surface area contributed by atoms with Crippen LogP contribution in [0.25, 0.3) is 27.7 Å². The summed E-state index contributed by atoms with van der Waals surface area (Å²) in [5.41, 5.74) is 0.709. The van der Waals surface area contributed by atoms with E-state index in [0.29, 0.717) is 37.0 Å². The average Bonchev–Trinajstić information content (AvgIpc) is 3.60. The van der Waals surface area contributed by atoms with Crippen LogP contribution in [-0.4, -0.2) is 66.6 Å². The Bertz CT molecular complexity index is 1850. The Balaban J connectivity index is 1.42. The fourth-order valence-electron chi connectivity index (χ4n) is 5.31. The van der Waals surface area contributed by atoms with Gasteiger partial charge in [0.25, 0.3) is 5.91 Å². The zero-order chi connectivity index (χ0) is 31.0. The van der Waals surface area contributed by atoms with Crippen LogP contribution in [0.2, 0.25) is 0 Å². The third-order valence-electron chi connectivity index (χ3n) is 7.25. The van der Waals surface area contributed by atoms with E-state index in [2.05, 4.69) is 15.4 Å². The zero-order valence-corrected chi connectivity index (χ0v) is 24.4. The van der Waals surface area contributed by atoms with Crippen LogP contribution in [0.4, 0.5) is 19.3 Å². The summed E-state index contributed by atoms with van der Waals surface area (Å²) in [6.07, 6.45) is 7.25. The molecule has 228 valence electrons. The van der Waals surface area contributed by atoms with E-state index in [1.54, 1.807) is 52.4 Å². The number of halogens is 2. The molecule has 6 rings (SSSR count). The molecule has 1 atom stereocenters. The maximum absolute atomic E-state index is 13.6. The van der Waals surface area contributed by atoms with Crippen molar-refractivity contribution in [3.63, 3.8) is 0 Å². The van der Waals surface area contributed by atoms with Crippen molar-refractivity contribution in [3.05, 3.63) is 72.8 Å². The number of piperidine rings is 1. The van der Waals surface area contributed by atoms with E-state index in [9.17, 15) is 18.4 Å². The van der Waals surface area contributed by atoms with Crippen LogP contribution in [0.15, 0.2) is 67.3 Å². The molecule has 0 aliphatic carbocycles. The van der Waals surface area contributed by atoms with Crippen LogP contribution in [-0.2, 0) is 4.74 Å². The Morgan fingerprint density at radius 3 is 2.64 bits per heavy atom. The molecule has 1 saturated heterocycles. The summed E-state index contributed by atoms with van der Waals surface area (Å²) in [7, 11) is 0. The highest BCUT2D eigenvalue weighted by atomic mass is 19.3. The lowest BCUT2D eigenvalue weighted by atomic mass is 10.0. The summed E-state index contributed by atoms with van der Waals surface area (Å²) in [4.78, 5) is 32.3. The number of anilines is 1. The summed E-state index contributed by atoms with van der Waals surface area (Å²) in [5, 5.41) is 13.4. The predicted octanol–water partition coefficient (Wildman–Crippen LogP) is 6.17. The number of carbonyl (C=O) groups excluding carboxylic acids is 2. The number of nitrogens with one attached hydrogen (secondary N) is 1. The van der Waals surface area contributed by atoms with Crippen LogP contribution >= 0.6 is 0 Å². The number of rotatable bonds is 6. The minimum absolute atomic E-state index is 0.0869. The highest BCUT2D eigenvalue weighted by Crippen LogP contribution is 2.39. The third-order valence-corrected chi connectivity index (χ3v) is 7.25. The van der Waals surface area contributed by atoms with Crippen LogP contribution in [0.1, 0.15) is 50.0 Å². The Kier molecular flexibility index (Phi) is 7.62. The fourth-order valence-corrected chi connectivity index (χ4v) is 5.31. The van der Waals surface area contributed by atoms with Gasteiger partial charge in [0.2, 0.25) is 0 Å². The van der Waals surface area contributed by atoms with Gasteiger partial charge < -0.3 is 19.7 Å². The van der Waals surface area contributed by atoms with Gasteiger partial charge >= 0.3 is 12.7 Å². The molecular formula is C31H31F2N7O4. The Hall–Kier alpha value is -5.07. The number of ether oxygens (including phenoxy) is 2. The summed E-state index contributed by atoms with van der Waals surface area (Å²) in [6, 6.07) is 12.0. The second-order valence-corrected chi connectivity index (χ2v) is 11.6. The van der Waals surface area contributed by atoms with Gasteiger partial charge in [-0.05, 0) is 62.6 Å². The number of carbonyl (C=O) groups is 2. The number of alkyl halides is 2. The van der Waals surface area contributed by atoms with Crippen LogP contribution < -0.4 is 10.1 Å². The van der Waals surface area contributed by atoms with Crippen LogP contribution in [0, 0.1) is 0 Å². The molecule has 5 aromatic rings. The molecule has 0 bridgehead atoms. The van der Waals surface area contributed by atoms with Gasteiger partial charge in [0.1, 0.15) is 22.6 Å². The Morgan fingerprint density at radius 2 is 1.89 bits per heavy atom. The first kappa shape index (κ1) is 29.0. The number of aromatic nitrogens is 5. The standard InChI is InChI=1S/C31H31F2N7O4/c1-31(2,3)44-30(42)38-12-6-10-21(17-38)40-18-24(36-28(41)23-16-35-39-13-7-11-34-27(23)39)26(37-40)22-14-19-8-4-5-9-20(19)15-25(22)43-29(32)33/h4-5,7-9,11,13-16,18,21,29H,6,10,12,17H2,1-3H3,(H,36,41). The molecule has 1 fully saturated rings. The quantitative estimate of drug-likeness (QED) is 0.247. The minimum atomic E-state index is -3.08. The van der Waals surface area contributed by atoms with Crippen molar-refractivity contribution in [2.24, 2.45) is 0 Å². The molecule has 0 radical (unpaired) electrons. The van der Waals surface area contributed by atoms with E-state index < -0.39 is 24.2 Å². The topological polar surface area (TPSA) is 116 Å². The van der Waals surface area contributed by atoms with Crippen molar-refractivity contribution in [1.29, 1.82) is 0 Å². The molecule has 1 N–H and O–H groups in total. The van der Waals surface area contributed by atoms with Gasteiger partial charge in [-0.2, -0.15) is 19.0 Å². The van der Waals surface area contributed by atoms with E-state index in [4.69, 9.17) is 14.6 Å². The predicted molar refractivity (Wildman–Crippen MR) is 159 cm³/mol. The molecule has 1 aliphatic rings. The van der Waals surface area contributed by atoms with E-state index >= 15 is 0 Å². The smallest absolute Gasteiger partial charge is 0.410 e. The van der Waals surface area contributed by atoms with E-state index in [0.717, 1.165) is 5.39 Å².